The number of benzene rings is 1. The molecule has 1 aliphatic heterocycles. The molecule has 1 aliphatic rings. The van der Waals surface area contributed by atoms with Crippen LogP contribution in [0.1, 0.15) is 5.56 Å². The van der Waals surface area contributed by atoms with Crippen LogP contribution in [-0.4, -0.2) is 49.7 Å². The number of morpholine rings is 1. The number of hydrogen-bond acceptors (Lipinski definition) is 4. The zero-order valence-corrected chi connectivity index (χ0v) is 13.2. The summed E-state index contributed by atoms with van der Waals surface area (Å²) in [6.07, 6.45) is 3.18. The van der Waals surface area contributed by atoms with Crippen LogP contribution in [0, 0.1) is 0 Å². The van der Waals surface area contributed by atoms with Gasteiger partial charge in [0.15, 0.2) is 6.04 Å². The quantitative estimate of drug-likeness (QED) is 0.614. The summed E-state index contributed by atoms with van der Waals surface area (Å²) in [5.74, 6) is -0.687. The predicted octanol–water partition coefficient (Wildman–Crippen LogP) is 1.86. The Morgan fingerprint density at radius 2 is 2.29 bits per heavy atom. The second kappa shape index (κ2) is 7.38. The lowest BCUT2D eigenvalue weighted by Crippen LogP contribution is -2.52. The van der Waals surface area contributed by atoms with Crippen LogP contribution in [0.2, 0.25) is 0 Å². The van der Waals surface area contributed by atoms with Gasteiger partial charge in [0.25, 0.3) is 0 Å². The normalized spacial score (nSPS) is 18.8. The van der Waals surface area contributed by atoms with Crippen LogP contribution < -0.4 is 0 Å². The number of halogens is 1. The molecule has 1 saturated heterocycles. The Kier molecular flexibility index (Phi) is 5.52. The molecule has 0 radical (unpaired) electrons. The Labute approximate surface area is 131 Å². The van der Waals surface area contributed by atoms with E-state index in [4.69, 9.17) is 9.47 Å². The number of nitrogens with zero attached hydrogens (tertiary/aromatic N) is 1. The molecule has 0 spiro atoms. The third kappa shape index (κ3) is 4.15. The molecule has 21 heavy (non-hydrogen) atoms. The largest absolute Gasteiger partial charge is 0.467 e. The number of esters is 1. The fourth-order valence-electron chi connectivity index (χ4n) is 2.07. The highest BCUT2D eigenvalue weighted by Gasteiger charge is 2.32. The van der Waals surface area contributed by atoms with Gasteiger partial charge in [-0.3, -0.25) is 4.79 Å². The van der Waals surface area contributed by atoms with Gasteiger partial charge >= 0.3 is 5.97 Å². The lowest BCUT2D eigenvalue weighted by atomic mass is 10.2. The van der Waals surface area contributed by atoms with Crippen molar-refractivity contribution in [2.75, 3.05) is 26.9 Å². The third-order valence-corrected chi connectivity index (χ3v) is 3.65. The second-order valence-electron chi connectivity index (χ2n) is 4.53. The van der Waals surface area contributed by atoms with Crippen LogP contribution in [0.5, 0.6) is 0 Å². The summed E-state index contributed by atoms with van der Waals surface area (Å²) in [5, 5.41) is 0. The van der Waals surface area contributed by atoms with Crippen molar-refractivity contribution in [2.45, 2.75) is 6.04 Å². The van der Waals surface area contributed by atoms with Gasteiger partial charge < -0.3 is 14.4 Å². The smallest absolute Gasteiger partial charge is 0.331 e. The Hall–Kier alpha value is -1.66. The van der Waals surface area contributed by atoms with E-state index < -0.39 is 12.0 Å². The van der Waals surface area contributed by atoms with Crippen LogP contribution in [-0.2, 0) is 19.1 Å². The Balaban J connectivity index is 2.08. The van der Waals surface area contributed by atoms with E-state index in [0.29, 0.717) is 13.2 Å². The lowest BCUT2D eigenvalue weighted by molar-refractivity contribution is -0.158. The first-order valence-electron chi connectivity index (χ1n) is 6.51. The standard InChI is InChI=1S/C15H16BrNO4/c1-20-15(19)13-10-21-8-7-17(13)14(18)6-5-11-3-2-4-12(16)9-11/h2-6,9,13H,7-8,10H2,1H3/b6-5+. The maximum absolute atomic E-state index is 12.3. The molecule has 1 heterocycles. The molecule has 2 rings (SSSR count). The summed E-state index contributed by atoms with van der Waals surface area (Å²) in [6, 6.07) is 6.92. The molecule has 0 aliphatic carbocycles. The van der Waals surface area contributed by atoms with Crippen molar-refractivity contribution in [3.8, 4) is 0 Å². The minimum Gasteiger partial charge on any atom is -0.467 e. The van der Waals surface area contributed by atoms with E-state index in [1.165, 1.54) is 18.1 Å². The molecule has 0 N–H and O–H groups in total. The van der Waals surface area contributed by atoms with Gasteiger partial charge in [0.2, 0.25) is 5.91 Å². The van der Waals surface area contributed by atoms with Gasteiger partial charge in [-0.05, 0) is 23.8 Å². The number of amides is 1. The van der Waals surface area contributed by atoms with Crippen molar-refractivity contribution in [1.82, 2.24) is 4.90 Å². The molecule has 1 amide bonds. The van der Waals surface area contributed by atoms with Crippen molar-refractivity contribution in [1.29, 1.82) is 0 Å². The van der Waals surface area contributed by atoms with Crippen LogP contribution in [0.3, 0.4) is 0 Å². The maximum Gasteiger partial charge on any atom is 0.331 e. The van der Waals surface area contributed by atoms with Gasteiger partial charge in [-0.1, -0.05) is 28.1 Å². The lowest BCUT2D eigenvalue weighted by Gasteiger charge is -2.32. The van der Waals surface area contributed by atoms with Crippen LogP contribution in [0.15, 0.2) is 34.8 Å². The van der Waals surface area contributed by atoms with Gasteiger partial charge in [0, 0.05) is 17.1 Å². The van der Waals surface area contributed by atoms with E-state index in [2.05, 4.69) is 15.9 Å². The molecule has 6 heteroatoms. The van der Waals surface area contributed by atoms with E-state index in [-0.39, 0.29) is 12.5 Å². The van der Waals surface area contributed by atoms with Gasteiger partial charge in [-0.15, -0.1) is 0 Å². The summed E-state index contributed by atoms with van der Waals surface area (Å²) in [7, 11) is 1.30. The summed E-state index contributed by atoms with van der Waals surface area (Å²) in [6.45, 7) is 0.967. The van der Waals surface area contributed by atoms with E-state index in [1.54, 1.807) is 6.08 Å². The van der Waals surface area contributed by atoms with Gasteiger partial charge in [-0.25, -0.2) is 4.79 Å². The number of methoxy groups -OCH3 is 1. The molecular formula is C15H16BrNO4. The summed E-state index contributed by atoms with van der Waals surface area (Å²) < 4.78 is 10.9. The van der Waals surface area contributed by atoms with Crippen molar-refractivity contribution >= 4 is 33.9 Å². The highest BCUT2D eigenvalue weighted by Crippen LogP contribution is 2.14. The Bertz CT molecular complexity index is 558. The molecular weight excluding hydrogens is 338 g/mol. The molecule has 1 aromatic rings. The van der Waals surface area contributed by atoms with E-state index in [9.17, 15) is 9.59 Å². The fraction of sp³-hybridized carbons (Fsp3) is 0.333. The summed E-state index contributed by atoms with van der Waals surface area (Å²) in [4.78, 5) is 25.4. The third-order valence-electron chi connectivity index (χ3n) is 3.15. The number of hydrogen-bond donors (Lipinski definition) is 0. The van der Waals surface area contributed by atoms with Crippen molar-refractivity contribution < 1.29 is 19.1 Å². The molecule has 0 bridgehead atoms. The number of carbonyl (C=O) groups excluding carboxylic acids is 2. The number of ether oxygens (including phenoxy) is 2. The van der Waals surface area contributed by atoms with Gasteiger partial charge in [0.05, 0.1) is 20.3 Å². The first-order valence-corrected chi connectivity index (χ1v) is 7.31. The highest BCUT2D eigenvalue weighted by molar-refractivity contribution is 9.10. The first-order chi connectivity index (χ1) is 10.1. The first kappa shape index (κ1) is 15.7. The minimum absolute atomic E-state index is 0.170. The number of rotatable bonds is 3. The summed E-state index contributed by atoms with van der Waals surface area (Å²) in [5.41, 5.74) is 0.903. The van der Waals surface area contributed by atoms with Gasteiger partial charge in [0.1, 0.15) is 0 Å². The Morgan fingerprint density at radius 3 is 3.00 bits per heavy atom. The molecule has 1 atom stereocenters. The zero-order valence-electron chi connectivity index (χ0n) is 11.6. The SMILES string of the molecule is COC(=O)C1COCCN1C(=O)/C=C/c1cccc(Br)c1. The van der Waals surface area contributed by atoms with E-state index >= 15 is 0 Å². The molecule has 5 nitrogen and oxygen atoms in total. The predicted molar refractivity (Wildman–Crippen MR) is 81.5 cm³/mol. The fourth-order valence-corrected chi connectivity index (χ4v) is 2.49. The van der Waals surface area contributed by atoms with Gasteiger partial charge in [-0.2, -0.15) is 0 Å². The second-order valence-corrected chi connectivity index (χ2v) is 5.45. The average molecular weight is 354 g/mol. The molecule has 112 valence electrons. The van der Waals surface area contributed by atoms with E-state index in [0.717, 1.165) is 10.0 Å². The van der Waals surface area contributed by atoms with E-state index in [1.807, 2.05) is 24.3 Å². The number of carbonyl (C=O) groups is 2. The molecule has 1 fully saturated rings. The molecule has 0 aromatic heterocycles. The van der Waals surface area contributed by atoms with Crippen LogP contribution >= 0.6 is 15.9 Å². The molecule has 1 unspecified atom stereocenters. The monoisotopic (exact) mass is 353 g/mol. The molecule has 1 aromatic carbocycles. The topological polar surface area (TPSA) is 55.8 Å². The average Bonchev–Trinajstić information content (AvgIpc) is 2.52. The maximum atomic E-state index is 12.3. The van der Waals surface area contributed by atoms with Crippen LogP contribution in [0.25, 0.3) is 6.08 Å². The minimum atomic E-state index is -0.677. The molecule has 0 saturated carbocycles. The highest BCUT2D eigenvalue weighted by atomic mass is 79.9. The Morgan fingerprint density at radius 1 is 1.48 bits per heavy atom. The summed E-state index contributed by atoms with van der Waals surface area (Å²) >= 11 is 3.38. The van der Waals surface area contributed by atoms with Crippen LogP contribution in [0.4, 0.5) is 0 Å². The van der Waals surface area contributed by atoms with Crippen molar-refractivity contribution in [3.63, 3.8) is 0 Å². The van der Waals surface area contributed by atoms with Crippen molar-refractivity contribution in [3.05, 3.63) is 40.4 Å². The zero-order chi connectivity index (χ0) is 15.2. The van der Waals surface area contributed by atoms with Crippen molar-refractivity contribution in [2.24, 2.45) is 0 Å².